The number of halogens is 2. The smallest absolute Gasteiger partial charge is 0.106 e. The number of nitrogens with zero attached hydrogens (tertiary/aromatic N) is 1. The van der Waals surface area contributed by atoms with Crippen LogP contribution in [0.5, 0.6) is 0 Å². The van der Waals surface area contributed by atoms with Gasteiger partial charge >= 0.3 is 0 Å². The van der Waals surface area contributed by atoms with Gasteiger partial charge < -0.3 is 5.11 Å². The lowest BCUT2D eigenvalue weighted by molar-refractivity contribution is 0.221. The van der Waals surface area contributed by atoms with Gasteiger partial charge in [0.2, 0.25) is 0 Å². The van der Waals surface area contributed by atoms with E-state index < -0.39 is 6.10 Å². The van der Waals surface area contributed by atoms with Gasteiger partial charge in [0, 0.05) is 23.3 Å². The van der Waals surface area contributed by atoms with E-state index in [1.807, 2.05) is 24.3 Å². The van der Waals surface area contributed by atoms with Crippen molar-refractivity contribution in [1.29, 1.82) is 0 Å². The second kappa shape index (κ2) is 5.41. The van der Waals surface area contributed by atoms with Crippen molar-refractivity contribution in [2.75, 3.05) is 0 Å². The number of aliphatic hydroxyl groups excluding tert-OH is 1. The van der Waals surface area contributed by atoms with Crippen molar-refractivity contribution in [3.63, 3.8) is 0 Å². The Morgan fingerprint density at radius 3 is 2.55 bits per heavy atom. The van der Waals surface area contributed by atoms with Crippen molar-refractivity contribution in [2.24, 2.45) is 0 Å². The molecule has 0 fully saturated rings. The highest BCUT2D eigenvalue weighted by atomic mass is 35.5. The Hall–Kier alpha value is -1.61. The predicted molar refractivity (Wildman–Crippen MR) is 82.3 cm³/mol. The summed E-state index contributed by atoms with van der Waals surface area (Å²) in [6, 6.07) is 12.9. The number of fused-ring (bicyclic) bond motifs is 1. The number of hydrogen-bond donors (Lipinski definition) is 1. The number of aliphatic hydroxyl groups is 1. The third-order valence-corrected chi connectivity index (χ3v) is 3.99. The van der Waals surface area contributed by atoms with E-state index >= 15 is 0 Å². The highest BCUT2D eigenvalue weighted by molar-refractivity contribution is 6.42. The number of benzene rings is 2. The van der Waals surface area contributed by atoms with E-state index in [1.165, 1.54) is 0 Å². The Kier molecular flexibility index (Phi) is 3.62. The summed E-state index contributed by atoms with van der Waals surface area (Å²) in [7, 11) is 0. The van der Waals surface area contributed by atoms with E-state index in [-0.39, 0.29) is 0 Å². The van der Waals surface area contributed by atoms with Gasteiger partial charge in [0.25, 0.3) is 0 Å². The lowest BCUT2D eigenvalue weighted by atomic mass is 9.98. The van der Waals surface area contributed by atoms with E-state index in [9.17, 15) is 5.11 Å². The zero-order valence-electron chi connectivity index (χ0n) is 10.4. The van der Waals surface area contributed by atoms with Crippen LogP contribution in [-0.4, -0.2) is 10.1 Å². The number of rotatable bonds is 2. The fraction of sp³-hybridized carbons (Fsp3) is 0.0625. The molecule has 3 rings (SSSR count). The minimum Gasteiger partial charge on any atom is -0.384 e. The Bertz CT molecular complexity index is 768. The molecule has 2 aromatic carbocycles. The van der Waals surface area contributed by atoms with E-state index in [1.54, 1.807) is 30.6 Å². The molecule has 0 spiro atoms. The normalized spacial score (nSPS) is 12.6. The van der Waals surface area contributed by atoms with Gasteiger partial charge in [0.1, 0.15) is 6.10 Å². The molecular formula is C16H11Cl2NO. The summed E-state index contributed by atoms with van der Waals surface area (Å²) in [5.74, 6) is 0. The molecule has 1 unspecified atom stereocenters. The molecule has 3 aromatic rings. The maximum Gasteiger partial charge on any atom is 0.106 e. The highest BCUT2D eigenvalue weighted by Gasteiger charge is 2.15. The summed E-state index contributed by atoms with van der Waals surface area (Å²) in [5.41, 5.74) is 1.44. The molecule has 1 heterocycles. The van der Waals surface area contributed by atoms with Crippen LogP contribution in [0.1, 0.15) is 17.2 Å². The van der Waals surface area contributed by atoms with Crippen molar-refractivity contribution in [3.05, 3.63) is 76.0 Å². The molecule has 0 radical (unpaired) electrons. The van der Waals surface area contributed by atoms with Gasteiger partial charge in [-0.15, -0.1) is 0 Å². The van der Waals surface area contributed by atoms with E-state index in [0.717, 1.165) is 16.3 Å². The average molecular weight is 304 g/mol. The minimum atomic E-state index is -0.789. The zero-order valence-corrected chi connectivity index (χ0v) is 11.9. The molecule has 1 N–H and O–H groups in total. The van der Waals surface area contributed by atoms with E-state index in [4.69, 9.17) is 23.2 Å². The molecule has 100 valence electrons. The quantitative estimate of drug-likeness (QED) is 0.749. The van der Waals surface area contributed by atoms with Crippen molar-refractivity contribution in [1.82, 2.24) is 4.98 Å². The number of hydrogen-bond acceptors (Lipinski definition) is 2. The molecule has 1 atom stereocenters. The topological polar surface area (TPSA) is 33.1 Å². The summed E-state index contributed by atoms with van der Waals surface area (Å²) in [6.45, 7) is 0. The molecular weight excluding hydrogens is 293 g/mol. The van der Waals surface area contributed by atoms with Crippen LogP contribution in [0.4, 0.5) is 0 Å². The monoisotopic (exact) mass is 303 g/mol. The first-order valence-electron chi connectivity index (χ1n) is 6.12. The summed E-state index contributed by atoms with van der Waals surface area (Å²) in [6.07, 6.45) is 2.67. The fourth-order valence-electron chi connectivity index (χ4n) is 2.22. The van der Waals surface area contributed by atoms with E-state index in [2.05, 4.69) is 4.98 Å². The highest BCUT2D eigenvalue weighted by Crippen LogP contribution is 2.31. The molecule has 0 bridgehead atoms. The SMILES string of the molecule is OC(c1ccc(Cl)c(Cl)c1)c1cncc2ccccc12. The van der Waals surface area contributed by atoms with Gasteiger partial charge in [-0.3, -0.25) is 4.98 Å². The lowest BCUT2D eigenvalue weighted by Crippen LogP contribution is -2.01. The Labute approximate surface area is 126 Å². The summed E-state index contributed by atoms with van der Waals surface area (Å²) in [4.78, 5) is 4.18. The van der Waals surface area contributed by atoms with Crippen LogP contribution in [0, 0.1) is 0 Å². The second-order valence-corrected chi connectivity index (χ2v) is 5.34. The summed E-state index contributed by atoms with van der Waals surface area (Å²) in [5, 5.41) is 13.4. The van der Waals surface area contributed by atoms with Crippen LogP contribution in [0.25, 0.3) is 10.8 Å². The molecule has 0 aliphatic rings. The molecule has 1 aromatic heterocycles. The maximum atomic E-state index is 10.6. The lowest BCUT2D eigenvalue weighted by Gasteiger charge is -2.14. The van der Waals surface area contributed by atoms with Crippen molar-refractivity contribution in [3.8, 4) is 0 Å². The maximum absolute atomic E-state index is 10.6. The Morgan fingerprint density at radius 2 is 1.75 bits per heavy atom. The van der Waals surface area contributed by atoms with Gasteiger partial charge in [0.05, 0.1) is 10.0 Å². The van der Waals surface area contributed by atoms with Gasteiger partial charge in [-0.05, 0) is 23.1 Å². The first-order valence-corrected chi connectivity index (χ1v) is 6.88. The number of aromatic nitrogens is 1. The first kappa shape index (κ1) is 13.4. The summed E-state index contributed by atoms with van der Waals surface area (Å²) < 4.78 is 0. The van der Waals surface area contributed by atoms with Gasteiger partial charge in [-0.1, -0.05) is 53.5 Å². The van der Waals surface area contributed by atoms with Crippen LogP contribution in [-0.2, 0) is 0 Å². The Balaban J connectivity index is 2.12. The second-order valence-electron chi connectivity index (χ2n) is 4.53. The molecule has 0 saturated carbocycles. The van der Waals surface area contributed by atoms with Gasteiger partial charge in [-0.25, -0.2) is 0 Å². The van der Waals surface area contributed by atoms with Crippen molar-refractivity contribution >= 4 is 34.0 Å². The third-order valence-electron chi connectivity index (χ3n) is 3.25. The first-order chi connectivity index (χ1) is 9.66. The summed E-state index contributed by atoms with van der Waals surface area (Å²) >= 11 is 11.9. The standard InChI is InChI=1S/C16H11Cl2NO/c17-14-6-5-10(7-15(14)18)16(20)13-9-19-8-11-3-1-2-4-12(11)13/h1-9,16,20H. The van der Waals surface area contributed by atoms with Crippen LogP contribution >= 0.6 is 23.2 Å². The van der Waals surface area contributed by atoms with Crippen LogP contribution in [0.3, 0.4) is 0 Å². The van der Waals surface area contributed by atoms with E-state index in [0.29, 0.717) is 15.6 Å². The van der Waals surface area contributed by atoms with Crippen LogP contribution in [0.2, 0.25) is 10.0 Å². The fourth-order valence-corrected chi connectivity index (χ4v) is 2.53. The average Bonchev–Trinajstić information content (AvgIpc) is 2.49. The molecule has 0 amide bonds. The molecule has 0 aliphatic carbocycles. The van der Waals surface area contributed by atoms with Crippen molar-refractivity contribution < 1.29 is 5.11 Å². The zero-order chi connectivity index (χ0) is 14.1. The molecule has 4 heteroatoms. The van der Waals surface area contributed by atoms with Crippen LogP contribution < -0.4 is 0 Å². The number of pyridine rings is 1. The molecule has 0 aliphatic heterocycles. The molecule has 2 nitrogen and oxygen atoms in total. The predicted octanol–water partition coefficient (Wildman–Crippen LogP) is 4.62. The molecule has 0 saturated heterocycles. The molecule has 20 heavy (non-hydrogen) atoms. The van der Waals surface area contributed by atoms with Gasteiger partial charge in [-0.2, -0.15) is 0 Å². The van der Waals surface area contributed by atoms with Crippen molar-refractivity contribution in [2.45, 2.75) is 6.10 Å². The minimum absolute atomic E-state index is 0.427. The van der Waals surface area contributed by atoms with Gasteiger partial charge in [0.15, 0.2) is 0 Å². The largest absolute Gasteiger partial charge is 0.384 e. The third kappa shape index (κ3) is 2.38. The Morgan fingerprint density at radius 1 is 0.950 bits per heavy atom. The van der Waals surface area contributed by atoms with Crippen LogP contribution in [0.15, 0.2) is 54.9 Å².